The lowest BCUT2D eigenvalue weighted by atomic mass is 10.2. The number of benzene rings is 1. The van der Waals surface area contributed by atoms with E-state index in [0.29, 0.717) is 15.7 Å². The first-order valence-electron chi connectivity index (χ1n) is 5.96. The van der Waals surface area contributed by atoms with Gasteiger partial charge in [-0.2, -0.15) is 0 Å². The predicted octanol–water partition coefficient (Wildman–Crippen LogP) is 3.71. The highest BCUT2D eigenvalue weighted by atomic mass is 35.5. The standard InChI is InChI=1S/C13H18Cl2N2O/c1-4-8(2)16-13(18)9(3)17-12-7-10(14)5-6-11(12)15/h5-9,17H,4H2,1-3H3,(H,16,18). The smallest absolute Gasteiger partial charge is 0.242 e. The van der Waals surface area contributed by atoms with Crippen molar-refractivity contribution in [2.75, 3.05) is 5.32 Å². The fourth-order valence-electron chi connectivity index (χ4n) is 1.38. The molecular weight excluding hydrogens is 271 g/mol. The van der Waals surface area contributed by atoms with Gasteiger partial charge in [0.25, 0.3) is 0 Å². The summed E-state index contributed by atoms with van der Waals surface area (Å²) in [5.74, 6) is -0.0552. The highest BCUT2D eigenvalue weighted by Gasteiger charge is 2.15. The van der Waals surface area contributed by atoms with E-state index in [9.17, 15) is 4.79 Å². The van der Waals surface area contributed by atoms with Gasteiger partial charge in [-0.25, -0.2) is 0 Å². The fourth-order valence-corrected chi connectivity index (χ4v) is 1.72. The SMILES string of the molecule is CCC(C)NC(=O)C(C)Nc1cc(Cl)ccc1Cl. The third-order valence-electron chi connectivity index (χ3n) is 2.69. The molecular formula is C13H18Cl2N2O. The van der Waals surface area contributed by atoms with Crippen LogP contribution in [0.2, 0.25) is 10.0 Å². The summed E-state index contributed by atoms with van der Waals surface area (Å²) in [5, 5.41) is 7.08. The minimum Gasteiger partial charge on any atom is -0.373 e. The number of hydrogen-bond acceptors (Lipinski definition) is 2. The van der Waals surface area contributed by atoms with Crippen LogP contribution in [0.15, 0.2) is 18.2 Å². The molecule has 0 heterocycles. The lowest BCUT2D eigenvalue weighted by Crippen LogP contribution is -2.41. The first-order chi connectivity index (χ1) is 8.43. The first-order valence-corrected chi connectivity index (χ1v) is 6.71. The van der Waals surface area contributed by atoms with Crippen molar-refractivity contribution < 1.29 is 4.79 Å². The molecule has 100 valence electrons. The Hall–Kier alpha value is -0.930. The van der Waals surface area contributed by atoms with Gasteiger partial charge in [-0.15, -0.1) is 0 Å². The second-order valence-electron chi connectivity index (χ2n) is 4.31. The van der Waals surface area contributed by atoms with E-state index in [0.717, 1.165) is 6.42 Å². The Balaban J connectivity index is 2.66. The van der Waals surface area contributed by atoms with Gasteiger partial charge >= 0.3 is 0 Å². The van der Waals surface area contributed by atoms with E-state index in [1.807, 2.05) is 13.8 Å². The van der Waals surface area contributed by atoms with Crippen LogP contribution in [-0.4, -0.2) is 18.0 Å². The quantitative estimate of drug-likeness (QED) is 0.867. The molecule has 2 atom stereocenters. The lowest BCUT2D eigenvalue weighted by molar-refractivity contribution is -0.122. The molecule has 3 nitrogen and oxygen atoms in total. The topological polar surface area (TPSA) is 41.1 Å². The van der Waals surface area contributed by atoms with E-state index in [1.54, 1.807) is 25.1 Å². The second-order valence-corrected chi connectivity index (χ2v) is 5.15. The van der Waals surface area contributed by atoms with Gasteiger partial charge in [0.05, 0.1) is 10.7 Å². The zero-order valence-corrected chi connectivity index (χ0v) is 12.3. The van der Waals surface area contributed by atoms with Gasteiger partial charge in [-0.05, 0) is 38.5 Å². The number of carbonyl (C=O) groups is 1. The summed E-state index contributed by atoms with van der Waals surface area (Å²) in [6.07, 6.45) is 0.899. The number of rotatable bonds is 5. The highest BCUT2D eigenvalue weighted by Crippen LogP contribution is 2.25. The number of nitrogens with one attached hydrogen (secondary N) is 2. The molecule has 0 fully saturated rings. The molecule has 0 aliphatic carbocycles. The van der Waals surface area contributed by atoms with E-state index >= 15 is 0 Å². The average molecular weight is 289 g/mol. The molecule has 1 aromatic rings. The summed E-state index contributed by atoms with van der Waals surface area (Å²) >= 11 is 11.9. The van der Waals surface area contributed by atoms with Gasteiger partial charge in [-0.3, -0.25) is 4.79 Å². The van der Waals surface area contributed by atoms with Crippen molar-refractivity contribution in [3.05, 3.63) is 28.2 Å². The fraction of sp³-hybridized carbons (Fsp3) is 0.462. The van der Waals surface area contributed by atoms with Gasteiger partial charge in [0, 0.05) is 11.1 Å². The van der Waals surface area contributed by atoms with E-state index in [-0.39, 0.29) is 18.0 Å². The van der Waals surface area contributed by atoms with Crippen LogP contribution in [0.1, 0.15) is 27.2 Å². The Kier molecular flexibility index (Phi) is 5.76. The van der Waals surface area contributed by atoms with Crippen molar-refractivity contribution >= 4 is 34.8 Å². The molecule has 2 unspecified atom stereocenters. The Bertz CT molecular complexity index is 423. The second kappa shape index (κ2) is 6.86. The van der Waals surface area contributed by atoms with Crippen LogP contribution in [0.25, 0.3) is 0 Å². The van der Waals surface area contributed by atoms with Crippen LogP contribution >= 0.6 is 23.2 Å². The molecule has 5 heteroatoms. The minimum atomic E-state index is -0.366. The van der Waals surface area contributed by atoms with Crippen molar-refractivity contribution in [2.45, 2.75) is 39.3 Å². The van der Waals surface area contributed by atoms with Gasteiger partial charge in [0.15, 0.2) is 0 Å². The molecule has 1 aromatic carbocycles. The van der Waals surface area contributed by atoms with Crippen LogP contribution in [-0.2, 0) is 4.79 Å². The molecule has 0 saturated heterocycles. The number of amides is 1. The summed E-state index contributed by atoms with van der Waals surface area (Å²) in [6.45, 7) is 5.78. The van der Waals surface area contributed by atoms with E-state index < -0.39 is 0 Å². The summed E-state index contributed by atoms with van der Waals surface area (Å²) in [4.78, 5) is 11.9. The third kappa shape index (κ3) is 4.39. The molecule has 0 bridgehead atoms. The van der Waals surface area contributed by atoms with E-state index in [2.05, 4.69) is 10.6 Å². The van der Waals surface area contributed by atoms with Gasteiger partial charge in [0.2, 0.25) is 5.91 Å². The molecule has 0 aromatic heterocycles. The zero-order chi connectivity index (χ0) is 13.7. The zero-order valence-electron chi connectivity index (χ0n) is 10.8. The number of hydrogen-bond donors (Lipinski definition) is 2. The maximum atomic E-state index is 11.9. The van der Waals surface area contributed by atoms with Crippen LogP contribution < -0.4 is 10.6 Å². The highest BCUT2D eigenvalue weighted by molar-refractivity contribution is 6.35. The van der Waals surface area contributed by atoms with Crippen molar-refractivity contribution in [2.24, 2.45) is 0 Å². The van der Waals surface area contributed by atoms with Crippen LogP contribution in [0.4, 0.5) is 5.69 Å². The number of carbonyl (C=O) groups excluding carboxylic acids is 1. The Morgan fingerprint density at radius 2 is 2.00 bits per heavy atom. The van der Waals surface area contributed by atoms with Crippen molar-refractivity contribution in [3.63, 3.8) is 0 Å². The molecule has 0 aliphatic heterocycles. The van der Waals surface area contributed by atoms with Crippen molar-refractivity contribution in [1.29, 1.82) is 0 Å². The van der Waals surface area contributed by atoms with Crippen molar-refractivity contribution in [3.8, 4) is 0 Å². The molecule has 0 saturated carbocycles. The average Bonchev–Trinajstić information content (AvgIpc) is 2.33. The Morgan fingerprint density at radius 3 is 2.61 bits per heavy atom. The predicted molar refractivity (Wildman–Crippen MR) is 77.4 cm³/mol. The molecule has 1 amide bonds. The maximum Gasteiger partial charge on any atom is 0.242 e. The van der Waals surface area contributed by atoms with Crippen LogP contribution in [0.5, 0.6) is 0 Å². The van der Waals surface area contributed by atoms with Gasteiger partial charge in [0.1, 0.15) is 6.04 Å². The molecule has 0 aliphatic rings. The molecule has 0 spiro atoms. The normalized spacial score (nSPS) is 13.8. The monoisotopic (exact) mass is 288 g/mol. The lowest BCUT2D eigenvalue weighted by Gasteiger charge is -2.19. The summed E-state index contributed by atoms with van der Waals surface area (Å²) < 4.78 is 0. The molecule has 18 heavy (non-hydrogen) atoms. The Morgan fingerprint density at radius 1 is 1.33 bits per heavy atom. The van der Waals surface area contributed by atoms with Crippen molar-refractivity contribution in [1.82, 2.24) is 5.32 Å². The first kappa shape index (κ1) is 15.1. The van der Waals surface area contributed by atoms with E-state index in [1.165, 1.54) is 0 Å². The number of halogens is 2. The molecule has 2 N–H and O–H groups in total. The van der Waals surface area contributed by atoms with Crippen LogP contribution in [0, 0.1) is 0 Å². The van der Waals surface area contributed by atoms with Gasteiger partial charge in [-0.1, -0.05) is 30.1 Å². The summed E-state index contributed by atoms with van der Waals surface area (Å²) in [7, 11) is 0. The molecule has 0 radical (unpaired) electrons. The third-order valence-corrected chi connectivity index (χ3v) is 3.26. The number of anilines is 1. The largest absolute Gasteiger partial charge is 0.373 e. The van der Waals surface area contributed by atoms with E-state index in [4.69, 9.17) is 23.2 Å². The minimum absolute atomic E-state index is 0.0552. The Labute approximate surface area is 118 Å². The molecule has 1 rings (SSSR count). The van der Waals surface area contributed by atoms with Crippen LogP contribution in [0.3, 0.4) is 0 Å². The summed E-state index contributed by atoms with van der Waals surface area (Å²) in [5.41, 5.74) is 0.663. The summed E-state index contributed by atoms with van der Waals surface area (Å²) in [6, 6.07) is 4.91. The maximum absolute atomic E-state index is 11.9. The van der Waals surface area contributed by atoms with Gasteiger partial charge < -0.3 is 10.6 Å².